The van der Waals surface area contributed by atoms with Crippen molar-refractivity contribution in [2.24, 2.45) is 0 Å². The second-order valence-corrected chi connectivity index (χ2v) is 9.30. The first-order chi connectivity index (χ1) is 11.9. The molecular formula is C17H19ClFN3O2S. The molecule has 1 unspecified atom stereocenters. The number of nitrogens with zero attached hydrogens (tertiary/aromatic N) is 3. The molecule has 3 heterocycles. The first-order valence-corrected chi connectivity index (χ1v) is 10.6. The molecule has 0 N–H and O–H groups in total. The van der Waals surface area contributed by atoms with Gasteiger partial charge in [0.2, 0.25) is 0 Å². The second kappa shape index (κ2) is 6.37. The highest BCUT2D eigenvalue weighted by molar-refractivity contribution is 7.91. The number of anilines is 1. The van der Waals surface area contributed by atoms with Crippen LogP contribution in [0.5, 0.6) is 0 Å². The molecule has 0 saturated carbocycles. The molecule has 0 radical (unpaired) electrons. The van der Waals surface area contributed by atoms with Crippen LogP contribution in [-0.4, -0.2) is 62.0 Å². The molecule has 2 aromatic rings. The van der Waals surface area contributed by atoms with Gasteiger partial charge in [-0.3, -0.25) is 9.88 Å². The van der Waals surface area contributed by atoms with Gasteiger partial charge in [-0.15, -0.1) is 0 Å². The van der Waals surface area contributed by atoms with Crippen LogP contribution in [0.2, 0.25) is 5.02 Å². The zero-order valence-electron chi connectivity index (χ0n) is 13.7. The van der Waals surface area contributed by atoms with Crippen molar-refractivity contribution in [3.8, 4) is 0 Å². The number of aromatic nitrogens is 1. The summed E-state index contributed by atoms with van der Waals surface area (Å²) in [5, 5.41) is 1.10. The van der Waals surface area contributed by atoms with Gasteiger partial charge in [0.05, 0.1) is 22.2 Å². The molecule has 134 valence electrons. The molecule has 2 saturated heterocycles. The Kier molecular flexibility index (Phi) is 4.33. The van der Waals surface area contributed by atoms with Gasteiger partial charge in [-0.2, -0.15) is 0 Å². The van der Waals surface area contributed by atoms with E-state index in [-0.39, 0.29) is 28.9 Å². The van der Waals surface area contributed by atoms with Crippen LogP contribution in [0.15, 0.2) is 24.4 Å². The standard InChI is InChI=1S/C17H19ClFN3O2S/c18-14-3-5-20-17-13(14)1-2-15(16(17)19)22-8-6-21(7-9-22)12-4-10-25(23,24)11-12/h1-3,5,12H,4,6-11H2. The molecule has 0 amide bonds. The minimum absolute atomic E-state index is 0.106. The molecule has 0 bridgehead atoms. The number of halogens is 2. The van der Waals surface area contributed by atoms with Gasteiger partial charge < -0.3 is 4.90 Å². The number of pyridine rings is 1. The lowest BCUT2D eigenvalue weighted by Crippen LogP contribution is -2.51. The van der Waals surface area contributed by atoms with Crippen molar-refractivity contribution in [1.82, 2.24) is 9.88 Å². The monoisotopic (exact) mass is 383 g/mol. The van der Waals surface area contributed by atoms with Gasteiger partial charge in [0, 0.05) is 43.8 Å². The molecule has 4 rings (SSSR count). The van der Waals surface area contributed by atoms with Crippen LogP contribution in [0.25, 0.3) is 10.9 Å². The van der Waals surface area contributed by atoms with Crippen molar-refractivity contribution in [1.29, 1.82) is 0 Å². The molecule has 2 fully saturated rings. The predicted molar refractivity (Wildman–Crippen MR) is 97.6 cm³/mol. The summed E-state index contributed by atoms with van der Waals surface area (Å²) in [4.78, 5) is 8.34. The number of hydrogen-bond donors (Lipinski definition) is 0. The third kappa shape index (κ3) is 3.20. The van der Waals surface area contributed by atoms with Crippen molar-refractivity contribution >= 4 is 38.0 Å². The van der Waals surface area contributed by atoms with E-state index in [1.165, 1.54) is 6.20 Å². The van der Waals surface area contributed by atoms with Gasteiger partial charge in [-0.25, -0.2) is 12.8 Å². The molecule has 8 heteroatoms. The Morgan fingerprint density at radius 3 is 2.60 bits per heavy atom. The maximum absolute atomic E-state index is 14.9. The van der Waals surface area contributed by atoms with E-state index in [1.54, 1.807) is 18.2 Å². The molecule has 2 aliphatic heterocycles. The van der Waals surface area contributed by atoms with E-state index in [0.717, 1.165) is 13.1 Å². The fourth-order valence-corrected chi connectivity index (χ4v) is 5.75. The van der Waals surface area contributed by atoms with E-state index in [9.17, 15) is 12.8 Å². The Hall–Kier alpha value is -1.44. The maximum atomic E-state index is 14.9. The molecule has 0 spiro atoms. The predicted octanol–water partition coefficient (Wildman–Crippen LogP) is 2.34. The van der Waals surface area contributed by atoms with E-state index in [1.807, 2.05) is 4.90 Å². The Morgan fingerprint density at radius 1 is 1.16 bits per heavy atom. The van der Waals surface area contributed by atoms with Crippen LogP contribution in [0.1, 0.15) is 6.42 Å². The highest BCUT2D eigenvalue weighted by Crippen LogP contribution is 2.31. The number of hydrogen-bond acceptors (Lipinski definition) is 5. The summed E-state index contributed by atoms with van der Waals surface area (Å²) in [6.07, 6.45) is 2.21. The van der Waals surface area contributed by atoms with Crippen molar-refractivity contribution in [2.45, 2.75) is 12.5 Å². The average molecular weight is 384 g/mol. The van der Waals surface area contributed by atoms with E-state index >= 15 is 0 Å². The second-order valence-electron chi connectivity index (χ2n) is 6.67. The molecular weight excluding hydrogens is 365 g/mol. The van der Waals surface area contributed by atoms with Gasteiger partial charge in [0.25, 0.3) is 0 Å². The summed E-state index contributed by atoms with van der Waals surface area (Å²) in [5.74, 6) is 0.181. The smallest absolute Gasteiger partial charge is 0.172 e. The fraction of sp³-hybridized carbons (Fsp3) is 0.471. The van der Waals surface area contributed by atoms with Crippen molar-refractivity contribution in [3.05, 3.63) is 35.2 Å². The minimum atomic E-state index is -2.88. The van der Waals surface area contributed by atoms with Gasteiger partial charge in [-0.05, 0) is 24.6 Å². The van der Waals surface area contributed by atoms with Crippen LogP contribution in [0.3, 0.4) is 0 Å². The lowest BCUT2D eigenvalue weighted by Gasteiger charge is -2.38. The zero-order valence-corrected chi connectivity index (χ0v) is 15.2. The Morgan fingerprint density at radius 2 is 1.92 bits per heavy atom. The summed E-state index contributed by atoms with van der Waals surface area (Å²) >= 11 is 6.11. The van der Waals surface area contributed by atoms with Gasteiger partial charge in [0.1, 0.15) is 5.52 Å². The van der Waals surface area contributed by atoms with Gasteiger partial charge in [-0.1, -0.05) is 11.6 Å². The Bertz CT molecular complexity index is 913. The number of benzene rings is 1. The number of sulfone groups is 1. The lowest BCUT2D eigenvalue weighted by molar-refractivity contribution is 0.200. The molecule has 25 heavy (non-hydrogen) atoms. The highest BCUT2D eigenvalue weighted by atomic mass is 35.5. The average Bonchev–Trinajstić information content (AvgIpc) is 2.96. The van der Waals surface area contributed by atoms with Crippen molar-refractivity contribution in [3.63, 3.8) is 0 Å². The Labute approximate surface area is 151 Å². The molecule has 0 aliphatic carbocycles. The third-order valence-electron chi connectivity index (χ3n) is 5.16. The molecule has 1 aromatic carbocycles. The highest BCUT2D eigenvalue weighted by Gasteiger charge is 2.34. The summed E-state index contributed by atoms with van der Waals surface area (Å²) in [6.45, 7) is 2.81. The molecule has 2 aliphatic rings. The maximum Gasteiger partial charge on any atom is 0.172 e. The SMILES string of the molecule is O=S1(=O)CCC(N2CCN(c3ccc4c(Cl)ccnc4c3F)CC2)C1. The topological polar surface area (TPSA) is 53.5 Å². The van der Waals surface area contributed by atoms with Gasteiger partial charge in [0.15, 0.2) is 15.7 Å². The van der Waals surface area contributed by atoms with Crippen LogP contribution in [0.4, 0.5) is 10.1 Å². The summed E-state index contributed by atoms with van der Waals surface area (Å²) in [6, 6.07) is 5.31. The minimum Gasteiger partial charge on any atom is -0.367 e. The van der Waals surface area contributed by atoms with Crippen molar-refractivity contribution < 1.29 is 12.8 Å². The number of fused-ring (bicyclic) bond motifs is 1. The first kappa shape index (κ1) is 17.0. The van der Waals surface area contributed by atoms with E-state index in [4.69, 9.17) is 11.6 Å². The normalized spacial score (nSPS) is 24.1. The summed E-state index contributed by atoms with van der Waals surface area (Å²) in [7, 11) is -2.88. The van der Waals surface area contributed by atoms with Crippen LogP contribution in [0, 0.1) is 5.82 Å². The van der Waals surface area contributed by atoms with Crippen LogP contribution < -0.4 is 4.90 Å². The Balaban J connectivity index is 1.51. The quantitative estimate of drug-likeness (QED) is 0.796. The number of piperazine rings is 1. The molecule has 1 atom stereocenters. The fourth-order valence-electron chi connectivity index (χ4n) is 3.78. The van der Waals surface area contributed by atoms with E-state index in [2.05, 4.69) is 9.88 Å². The summed E-state index contributed by atoms with van der Waals surface area (Å²) < 4.78 is 38.2. The van der Waals surface area contributed by atoms with E-state index in [0.29, 0.717) is 35.6 Å². The molecule has 1 aromatic heterocycles. The lowest BCUT2D eigenvalue weighted by atomic mass is 10.1. The largest absolute Gasteiger partial charge is 0.367 e. The first-order valence-electron chi connectivity index (χ1n) is 8.37. The van der Waals surface area contributed by atoms with Crippen molar-refractivity contribution in [2.75, 3.05) is 42.6 Å². The molecule has 5 nitrogen and oxygen atoms in total. The summed E-state index contributed by atoms with van der Waals surface area (Å²) in [5.41, 5.74) is 0.815. The van der Waals surface area contributed by atoms with E-state index < -0.39 is 9.84 Å². The zero-order chi connectivity index (χ0) is 17.6. The van der Waals surface area contributed by atoms with Gasteiger partial charge >= 0.3 is 0 Å². The number of rotatable bonds is 2. The third-order valence-corrected chi connectivity index (χ3v) is 7.24. The van der Waals surface area contributed by atoms with Crippen LogP contribution >= 0.6 is 11.6 Å². The van der Waals surface area contributed by atoms with Crippen LogP contribution in [-0.2, 0) is 9.84 Å².